The molecule has 0 amide bonds. The lowest BCUT2D eigenvalue weighted by molar-refractivity contribution is -0.302. The molecule has 7 heteroatoms. The number of aliphatic hydroxyl groups is 2. The second-order valence-corrected chi connectivity index (χ2v) is 11.3. The molecule has 0 aliphatic heterocycles. The van der Waals surface area contributed by atoms with Crippen molar-refractivity contribution in [2.45, 2.75) is 84.3 Å². The Kier molecular flexibility index (Phi) is 11.5. The predicted molar refractivity (Wildman–Crippen MR) is 133 cm³/mol. The van der Waals surface area contributed by atoms with E-state index in [0.29, 0.717) is 17.8 Å². The zero-order valence-electron chi connectivity index (χ0n) is 22.0. The summed E-state index contributed by atoms with van der Waals surface area (Å²) in [7, 11) is 4.21. The Morgan fingerprint density at radius 3 is 2.39 bits per heavy atom. The highest BCUT2D eigenvalue weighted by Crippen LogP contribution is 2.61. The fraction of sp³-hybridized carbons (Fsp3) is 0.885. The molecule has 2 unspecified atom stereocenters. The van der Waals surface area contributed by atoms with Crippen molar-refractivity contribution in [1.29, 1.82) is 0 Å². The zero-order valence-corrected chi connectivity index (χ0v) is 22.0. The van der Waals surface area contributed by atoms with E-state index in [1.165, 1.54) is 12.0 Å². The maximum absolute atomic E-state index is 11.5. The minimum atomic E-state index is -1.08. The summed E-state index contributed by atoms with van der Waals surface area (Å²) in [4.78, 5) is 11.1. The number of likely N-dealkylation sites (N-methyl/N-ethyl adjacent to an activating group) is 1. The van der Waals surface area contributed by atoms with Gasteiger partial charge in [-0.2, -0.15) is 0 Å². The van der Waals surface area contributed by atoms with E-state index in [-0.39, 0.29) is 29.2 Å². The average molecular weight is 470 g/mol. The molecule has 3 aliphatic rings. The molecule has 7 N–H and O–H groups in total. The second-order valence-electron chi connectivity index (χ2n) is 11.3. The summed E-state index contributed by atoms with van der Waals surface area (Å²) in [6.45, 7) is 13.1. The van der Waals surface area contributed by atoms with Crippen LogP contribution in [0.2, 0.25) is 0 Å². The Morgan fingerprint density at radius 1 is 1.15 bits per heavy atom. The lowest BCUT2D eigenvalue weighted by Gasteiger charge is -2.55. The number of aliphatic carboxylic acids is 1. The van der Waals surface area contributed by atoms with Gasteiger partial charge in [0.15, 0.2) is 0 Å². The molecule has 7 nitrogen and oxygen atoms in total. The van der Waals surface area contributed by atoms with E-state index in [0.717, 1.165) is 71.5 Å². The van der Waals surface area contributed by atoms with Gasteiger partial charge in [0.1, 0.15) is 0 Å². The van der Waals surface area contributed by atoms with Crippen molar-refractivity contribution in [2.24, 2.45) is 28.6 Å². The van der Waals surface area contributed by atoms with E-state index < -0.39 is 5.97 Å². The number of fused-ring (bicyclic) bond motifs is 1. The van der Waals surface area contributed by atoms with Gasteiger partial charge in [-0.25, -0.2) is 0 Å². The Hall–Kier alpha value is -0.990. The third-order valence-corrected chi connectivity index (χ3v) is 8.94. The first-order chi connectivity index (χ1) is 14.9. The average Bonchev–Trinajstić information content (AvgIpc) is 2.99. The summed E-state index contributed by atoms with van der Waals surface area (Å²) in [6.07, 6.45) is 7.99. The Morgan fingerprint density at radius 2 is 1.79 bits per heavy atom. The van der Waals surface area contributed by atoms with Gasteiger partial charge in [-0.3, -0.25) is 0 Å². The summed E-state index contributed by atoms with van der Waals surface area (Å²) in [5, 5.41) is 34.3. The Labute approximate surface area is 201 Å². The first-order valence-corrected chi connectivity index (χ1v) is 12.5. The smallest absolute Gasteiger partial charge is 0.0610 e. The van der Waals surface area contributed by atoms with Gasteiger partial charge in [-0.1, -0.05) is 26.0 Å². The van der Waals surface area contributed by atoms with Gasteiger partial charge in [-0.15, -0.1) is 0 Å². The molecule has 0 saturated heterocycles. The molecule has 33 heavy (non-hydrogen) atoms. The molecule has 0 aromatic rings. The minimum absolute atomic E-state index is 0. The monoisotopic (exact) mass is 469 g/mol. The highest BCUT2D eigenvalue weighted by Gasteiger charge is 2.56. The van der Waals surface area contributed by atoms with Crippen molar-refractivity contribution in [3.63, 3.8) is 0 Å². The maximum Gasteiger partial charge on any atom is 0.0610 e. The molecular weight excluding hydrogens is 418 g/mol. The largest absolute Gasteiger partial charge is 0.550 e. The van der Waals surface area contributed by atoms with Crippen LogP contribution in [-0.2, 0) is 4.79 Å². The number of carboxylic acid groups (broad SMARTS) is 1. The van der Waals surface area contributed by atoms with Crippen LogP contribution >= 0.6 is 0 Å². The molecule has 3 rings (SSSR count). The predicted octanol–water partition coefficient (Wildman–Crippen LogP) is 2.57. The molecule has 7 atom stereocenters. The molecule has 0 aromatic heterocycles. The first-order valence-electron chi connectivity index (χ1n) is 12.5. The van der Waals surface area contributed by atoms with Gasteiger partial charge in [0, 0.05) is 19.1 Å². The molecule has 3 fully saturated rings. The second kappa shape index (κ2) is 12.6. The zero-order chi connectivity index (χ0) is 24.1. The Balaban J connectivity index is 0.00000101. The number of hydrogen-bond acceptors (Lipinski definition) is 6. The van der Waals surface area contributed by atoms with Gasteiger partial charge >= 0.3 is 0 Å². The molecule has 0 heterocycles. The molecule has 3 saturated carbocycles. The van der Waals surface area contributed by atoms with Crippen LogP contribution in [0.15, 0.2) is 12.2 Å². The van der Waals surface area contributed by atoms with Crippen LogP contribution in [0.25, 0.3) is 0 Å². The summed E-state index contributed by atoms with van der Waals surface area (Å²) < 4.78 is 0. The molecular formula is C26H51N3O4. The van der Waals surface area contributed by atoms with Gasteiger partial charge in [-0.05, 0) is 108 Å². The number of carbonyl (C=O) groups is 1. The van der Waals surface area contributed by atoms with Crippen LogP contribution in [0.5, 0.6) is 0 Å². The van der Waals surface area contributed by atoms with E-state index in [1.54, 1.807) is 0 Å². The standard InChI is InChI=1S/C24H44N2O2.C2H4O2.H3N/c1-17-6-7-20-22(28)21(9-12-23(17,20)2)24(3)11-8-19(27)16-18(24)10-13-25-14-15-26(4)5;1-2(3)4;/h18-22,25,27-28H,1,6-16H2,2-5H3;1H3,(H,3,4);1H3/t18-,19-,20?,21?,22+,23-,24-;;/m0../s1. The van der Waals surface area contributed by atoms with E-state index in [4.69, 9.17) is 9.90 Å². The third-order valence-electron chi connectivity index (χ3n) is 8.94. The molecule has 0 bridgehead atoms. The molecule has 0 radical (unpaired) electrons. The number of nitrogens with one attached hydrogen (secondary N) is 1. The molecule has 194 valence electrons. The van der Waals surface area contributed by atoms with Crippen LogP contribution in [0, 0.1) is 28.6 Å². The van der Waals surface area contributed by atoms with E-state index in [9.17, 15) is 10.2 Å². The number of carboxylic acids is 1. The third kappa shape index (κ3) is 7.25. The van der Waals surface area contributed by atoms with Crippen LogP contribution in [-0.4, -0.2) is 67.0 Å². The van der Waals surface area contributed by atoms with E-state index in [1.807, 2.05) is 0 Å². The summed E-state index contributed by atoms with van der Waals surface area (Å²) in [5.74, 6) is 0.133. The molecule has 0 aromatic carbocycles. The fourth-order valence-electron chi connectivity index (χ4n) is 6.77. The van der Waals surface area contributed by atoms with Crippen molar-refractivity contribution >= 4 is 5.97 Å². The van der Waals surface area contributed by atoms with E-state index in [2.05, 4.69) is 44.7 Å². The Bertz CT molecular complexity index is 639. The number of aliphatic hydroxyl groups excluding tert-OH is 2. The lowest BCUT2D eigenvalue weighted by Crippen LogP contribution is -2.53. The first kappa shape index (κ1) is 30.0. The number of hydrogen-bond donors (Lipinski definition) is 4. The van der Waals surface area contributed by atoms with Gasteiger partial charge in [0.2, 0.25) is 0 Å². The van der Waals surface area contributed by atoms with Crippen molar-refractivity contribution in [3.05, 3.63) is 12.2 Å². The highest BCUT2D eigenvalue weighted by atomic mass is 16.4. The number of carbonyl (C=O) groups excluding carboxylic acids is 1. The van der Waals surface area contributed by atoms with Gasteiger partial charge < -0.3 is 36.5 Å². The van der Waals surface area contributed by atoms with Crippen LogP contribution in [0.3, 0.4) is 0 Å². The van der Waals surface area contributed by atoms with Crippen molar-refractivity contribution in [3.8, 4) is 0 Å². The van der Waals surface area contributed by atoms with Gasteiger partial charge in [0.25, 0.3) is 0 Å². The van der Waals surface area contributed by atoms with Crippen LogP contribution in [0.4, 0.5) is 0 Å². The normalized spacial score (nSPS) is 38.2. The van der Waals surface area contributed by atoms with Crippen molar-refractivity contribution in [1.82, 2.24) is 16.4 Å². The minimum Gasteiger partial charge on any atom is -0.550 e. The van der Waals surface area contributed by atoms with Crippen LogP contribution < -0.4 is 16.6 Å². The van der Waals surface area contributed by atoms with Crippen molar-refractivity contribution in [2.75, 3.05) is 33.7 Å². The SMILES string of the molecule is C=C1CCC2[C@@H](O)C([C@@]3(C)CC[C@H](O)C[C@@H]3CCNCCN(C)C)CC[C@@]12C.CC(=O)[O-].[NH4+]. The number of nitrogens with zero attached hydrogens (tertiary/aromatic N) is 1. The molecule has 0 spiro atoms. The topological polar surface area (TPSA) is 132 Å². The molecule has 3 aliphatic carbocycles. The highest BCUT2D eigenvalue weighted by molar-refractivity contribution is 5.60. The van der Waals surface area contributed by atoms with Crippen molar-refractivity contribution < 1.29 is 20.1 Å². The van der Waals surface area contributed by atoms with E-state index >= 15 is 0 Å². The summed E-state index contributed by atoms with van der Waals surface area (Å²) in [6, 6.07) is 0. The maximum atomic E-state index is 11.5. The number of allylic oxidation sites excluding steroid dienone is 1. The quantitative estimate of drug-likeness (QED) is 0.335. The summed E-state index contributed by atoms with van der Waals surface area (Å²) >= 11 is 0. The number of quaternary nitrogens is 1. The van der Waals surface area contributed by atoms with Gasteiger partial charge in [0.05, 0.1) is 12.2 Å². The lowest BCUT2D eigenvalue weighted by atomic mass is 9.51. The fourth-order valence-corrected chi connectivity index (χ4v) is 6.77. The van der Waals surface area contributed by atoms with Crippen LogP contribution in [0.1, 0.15) is 72.1 Å². The summed E-state index contributed by atoms with van der Waals surface area (Å²) in [5.41, 5.74) is 1.64. The number of rotatable bonds is 7.